The summed E-state index contributed by atoms with van der Waals surface area (Å²) in [6.07, 6.45) is 0.817. The van der Waals surface area contributed by atoms with Crippen molar-refractivity contribution in [3.05, 3.63) is 52.0 Å². The van der Waals surface area contributed by atoms with E-state index in [2.05, 4.69) is 21.2 Å². The zero-order valence-corrected chi connectivity index (χ0v) is 18.2. The fourth-order valence-electron chi connectivity index (χ4n) is 3.67. The fourth-order valence-corrected chi connectivity index (χ4v) is 4.09. The van der Waals surface area contributed by atoms with Crippen LogP contribution in [0, 0.1) is 0 Å². The van der Waals surface area contributed by atoms with Crippen LogP contribution in [0.5, 0.6) is 11.5 Å². The van der Waals surface area contributed by atoms with Crippen molar-refractivity contribution in [1.29, 1.82) is 0 Å². The summed E-state index contributed by atoms with van der Waals surface area (Å²) in [5, 5.41) is 4.11. The van der Waals surface area contributed by atoms with Gasteiger partial charge in [-0.3, -0.25) is 14.6 Å². The predicted molar refractivity (Wildman–Crippen MR) is 119 cm³/mol. The lowest BCUT2D eigenvalue weighted by Crippen LogP contribution is -2.48. The average Bonchev–Trinajstić information content (AvgIpc) is 2.95. The molecule has 0 bridgehead atoms. The average molecular weight is 450 g/mol. The first-order chi connectivity index (χ1) is 14.6. The summed E-state index contributed by atoms with van der Waals surface area (Å²) in [5.74, 6) is 1.14. The lowest BCUT2D eigenvalue weighted by atomic mass is 10.2. The number of ether oxygens (including phenoxy) is 2. The quantitative estimate of drug-likeness (QED) is 0.749. The monoisotopic (exact) mass is 449 g/mol. The van der Waals surface area contributed by atoms with Crippen LogP contribution in [0.4, 0.5) is 5.69 Å². The van der Waals surface area contributed by atoms with E-state index in [1.807, 2.05) is 18.2 Å². The Kier molecular flexibility index (Phi) is 7.00. The van der Waals surface area contributed by atoms with Gasteiger partial charge in [0.1, 0.15) is 0 Å². The lowest BCUT2D eigenvalue weighted by Gasteiger charge is -2.34. The van der Waals surface area contributed by atoms with Crippen molar-refractivity contribution in [3.8, 4) is 11.5 Å². The van der Waals surface area contributed by atoms with Gasteiger partial charge in [0.25, 0.3) is 0 Å². The van der Waals surface area contributed by atoms with Gasteiger partial charge in [0.2, 0.25) is 5.91 Å². The molecule has 2 aromatic carbocycles. The fraction of sp³-hybridized carbons (Fsp3) is 0.409. The zero-order chi connectivity index (χ0) is 20.9. The first kappa shape index (κ1) is 21.2. The van der Waals surface area contributed by atoms with Gasteiger partial charge in [0, 0.05) is 56.3 Å². The van der Waals surface area contributed by atoms with Crippen LogP contribution in [0.15, 0.2) is 36.4 Å². The Morgan fingerprint density at radius 2 is 1.67 bits per heavy atom. The second-order valence-electron chi connectivity index (χ2n) is 7.56. The highest BCUT2D eigenvalue weighted by molar-refractivity contribution is 6.34. The molecule has 0 radical (unpaired) electrons. The Labute approximate surface area is 186 Å². The Morgan fingerprint density at radius 3 is 2.40 bits per heavy atom. The minimum Gasteiger partial charge on any atom is -0.490 e. The van der Waals surface area contributed by atoms with Gasteiger partial charge in [-0.1, -0.05) is 35.3 Å². The molecule has 0 unspecified atom stereocenters. The van der Waals surface area contributed by atoms with Crippen molar-refractivity contribution in [2.24, 2.45) is 0 Å². The van der Waals surface area contributed by atoms with Gasteiger partial charge < -0.3 is 14.8 Å². The van der Waals surface area contributed by atoms with E-state index in [4.69, 9.17) is 32.7 Å². The number of fused-ring (bicyclic) bond motifs is 1. The summed E-state index contributed by atoms with van der Waals surface area (Å²) >= 11 is 12.4. The van der Waals surface area contributed by atoms with Crippen LogP contribution in [0.3, 0.4) is 0 Å². The van der Waals surface area contributed by atoms with Gasteiger partial charge in [-0.05, 0) is 17.7 Å². The minimum absolute atomic E-state index is 0.0883. The van der Waals surface area contributed by atoms with Gasteiger partial charge in [-0.15, -0.1) is 0 Å². The number of benzene rings is 2. The highest BCUT2D eigenvalue weighted by Crippen LogP contribution is 2.37. The van der Waals surface area contributed by atoms with Crippen LogP contribution < -0.4 is 14.8 Å². The molecule has 2 aliphatic heterocycles. The highest BCUT2D eigenvalue weighted by atomic mass is 35.5. The lowest BCUT2D eigenvalue weighted by molar-refractivity contribution is -0.117. The van der Waals surface area contributed by atoms with Gasteiger partial charge in [-0.2, -0.15) is 0 Å². The van der Waals surface area contributed by atoms with Crippen molar-refractivity contribution in [2.75, 3.05) is 51.3 Å². The van der Waals surface area contributed by atoms with Crippen LogP contribution in [-0.2, 0) is 11.3 Å². The Balaban J connectivity index is 1.27. The maximum Gasteiger partial charge on any atom is 0.238 e. The van der Waals surface area contributed by atoms with Crippen molar-refractivity contribution in [2.45, 2.75) is 13.0 Å². The summed E-state index contributed by atoms with van der Waals surface area (Å²) in [6, 6.07) is 11.4. The van der Waals surface area contributed by atoms with Crippen LogP contribution in [0.25, 0.3) is 0 Å². The molecule has 0 aliphatic carbocycles. The van der Waals surface area contributed by atoms with Crippen LogP contribution in [0.2, 0.25) is 10.0 Å². The predicted octanol–water partition coefficient (Wildman–Crippen LogP) is 3.91. The summed E-state index contributed by atoms with van der Waals surface area (Å²) in [6.45, 7) is 5.86. The van der Waals surface area contributed by atoms with Gasteiger partial charge in [0.05, 0.1) is 30.5 Å². The number of carbonyl (C=O) groups excluding carboxylic acids is 1. The molecular weight excluding hydrogens is 425 g/mol. The topological polar surface area (TPSA) is 54.0 Å². The number of hydrogen-bond acceptors (Lipinski definition) is 5. The molecule has 2 heterocycles. The van der Waals surface area contributed by atoms with E-state index >= 15 is 0 Å². The molecule has 0 atom stereocenters. The maximum absolute atomic E-state index is 12.6. The molecule has 2 aliphatic rings. The Bertz CT molecular complexity index is 901. The van der Waals surface area contributed by atoms with Gasteiger partial charge in [-0.25, -0.2) is 0 Å². The van der Waals surface area contributed by atoms with Crippen molar-refractivity contribution < 1.29 is 14.3 Å². The van der Waals surface area contributed by atoms with Gasteiger partial charge in [0.15, 0.2) is 11.5 Å². The van der Waals surface area contributed by atoms with E-state index in [9.17, 15) is 4.79 Å². The molecule has 6 nitrogen and oxygen atoms in total. The highest BCUT2D eigenvalue weighted by Gasteiger charge is 2.20. The molecule has 1 saturated heterocycles. The molecule has 0 aromatic heterocycles. The Hall–Kier alpha value is -1.99. The third kappa shape index (κ3) is 5.58. The number of nitrogens with zero attached hydrogens (tertiary/aromatic N) is 2. The summed E-state index contributed by atoms with van der Waals surface area (Å²) in [4.78, 5) is 17.1. The number of rotatable bonds is 5. The number of nitrogens with one attached hydrogen (secondary N) is 1. The molecule has 30 heavy (non-hydrogen) atoms. The SMILES string of the molecule is O=C(CN1CCN(Cc2cccc(Cl)c2)CC1)Nc1cc2c(cc1Cl)OCCCO2. The molecule has 4 rings (SSSR count). The molecule has 1 fully saturated rings. The van der Waals surface area contributed by atoms with Crippen LogP contribution in [-0.4, -0.2) is 61.6 Å². The van der Waals surface area contributed by atoms with Gasteiger partial charge >= 0.3 is 0 Å². The van der Waals surface area contributed by atoms with Crippen molar-refractivity contribution >= 4 is 34.8 Å². The van der Waals surface area contributed by atoms with Crippen LogP contribution in [0.1, 0.15) is 12.0 Å². The van der Waals surface area contributed by atoms with E-state index in [0.29, 0.717) is 42.0 Å². The van der Waals surface area contributed by atoms with Crippen LogP contribution >= 0.6 is 23.2 Å². The molecular formula is C22H25Cl2N3O3. The summed E-state index contributed by atoms with van der Waals surface area (Å²) in [5.41, 5.74) is 1.75. The molecule has 8 heteroatoms. The smallest absolute Gasteiger partial charge is 0.238 e. The molecule has 0 saturated carbocycles. The molecule has 1 amide bonds. The largest absolute Gasteiger partial charge is 0.490 e. The normalized spacial score (nSPS) is 17.4. The number of piperazine rings is 1. The molecule has 0 spiro atoms. The van der Waals surface area contributed by atoms with E-state index < -0.39 is 0 Å². The number of carbonyl (C=O) groups is 1. The summed E-state index contributed by atoms with van der Waals surface area (Å²) in [7, 11) is 0. The van der Waals surface area contributed by atoms with Crippen molar-refractivity contribution in [1.82, 2.24) is 9.80 Å². The second kappa shape index (κ2) is 9.88. The molecule has 160 valence electrons. The number of halogens is 2. The summed E-state index contributed by atoms with van der Waals surface area (Å²) < 4.78 is 11.3. The van der Waals surface area contributed by atoms with Crippen molar-refractivity contribution in [3.63, 3.8) is 0 Å². The van der Waals surface area contributed by atoms with E-state index in [1.165, 1.54) is 5.56 Å². The standard InChI is InChI=1S/C22H25Cl2N3O3/c23-17-4-1-3-16(11-17)14-26-5-7-27(8-6-26)15-22(28)25-19-13-21-20(12-18(19)24)29-9-2-10-30-21/h1,3-4,11-13H,2,5-10,14-15H2,(H,25,28). The molecule has 1 N–H and O–H groups in total. The second-order valence-corrected chi connectivity index (χ2v) is 8.40. The third-order valence-electron chi connectivity index (χ3n) is 5.24. The first-order valence-corrected chi connectivity index (χ1v) is 10.9. The third-order valence-corrected chi connectivity index (χ3v) is 5.79. The minimum atomic E-state index is -0.0883. The van der Waals surface area contributed by atoms with E-state index in [1.54, 1.807) is 12.1 Å². The molecule has 2 aromatic rings. The maximum atomic E-state index is 12.6. The first-order valence-electron chi connectivity index (χ1n) is 10.1. The zero-order valence-electron chi connectivity index (χ0n) is 16.7. The Morgan fingerprint density at radius 1 is 0.967 bits per heavy atom. The number of amides is 1. The van der Waals surface area contributed by atoms with E-state index in [0.717, 1.165) is 44.2 Å². The van der Waals surface area contributed by atoms with E-state index in [-0.39, 0.29) is 5.91 Å². The number of hydrogen-bond donors (Lipinski definition) is 1. The number of anilines is 1.